The van der Waals surface area contributed by atoms with E-state index in [9.17, 15) is 9.59 Å². The third-order valence-electron chi connectivity index (χ3n) is 2.95. The van der Waals surface area contributed by atoms with Crippen molar-refractivity contribution in [2.24, 2.45) is 5.73 Å². The van der Waals surface area contributed by atoms with Crippen molar-refractivity contribution in [3.8, 4) is 0 Å². The minimum absolute atomic E-state index is 0.140. The number of rotatable bonds is 5. The molecule has 2 aromatic rings. The van der Waals surface area contributed by atoms with Gasteiger partial charge in [0.25, 0.3) is 5.91 Å². The Balaban J connectivity index is 2.03. The molecule has 0 aliphatic rings. The van der Waals surface area contributed by atoms with Crippen molar-refractivity contribution < 1.29 is 9.59 Å². The van der Waals surface area contributed by atoms with Crippen molar-refractivity contribution in [2.75, 3.05) is 6.54 Å². The molecule has 3 N–H and O–H groups in total. The molecule has 0 fully saturated rings. The Morgan fingerprint density at radius 1 is 1.10 bits per heavy atom. The van der Waals surface area contributed by atoms with Gasteiger partial charge in [0.15, 0.2) is 0 Å². The van der Waals surface area contributed by atoms with E-state index in [-0.39, 0.29) is 18.2 Å². The lowest BCUT2D eigenvalue weighted by Crippen LogP contribution is -2.25. The van der Waals surface area contributed by atoms with Crippen molar-refractivity contribution in [1.29, 1.82) is 0 Å². The third kappa shape index (κ3) is 3.81. The van der Waals surface area contributed by atoms with Crippen LogP contribution in [0.25, 0.3) is 10.8 Å². The number of nitrogens with one attached hydrogen (secondary N) is 1. The molecular weight excluding hydrogens is 320 g/mol. The van der Waals surface area contributed by atoms with E-state index in [1.54, 1.807) is 6.07 Å². The summed E-state index contributed by atoms with van der Waals surface area (Å²) >= 11 is 3.42. The van der Waals surface area contributed by atoms with Crippen LogP contribution in [0.5, 0.6) is 0 Å². The van der Waals surface area contributed by atoms with Crippen LogP contribution in [0.15, 0.2) is 40.9 Å². The van der Waals surface area contributed by atoms with Gasteiger partial charge in [-0.25, -0.2) is 0 Å². The molecule has 0 aliphatic heterocycles. The SMILES string of the molecule is NC(=O)CCCNC(=O)c1ccc2cc(Br)ccc2c1. The van der Waals surface area contributed by atoms with E-state index in [1.807, 2.05) is 30.3 Å². The topological polar surface area (TPSA) is 72.2 Å². The van der Waals surface area contributed by atoms with Gasteiger partial charge in [0.1, 0.15) is 0 Å². The first-order valence-electron chi connectivity index (χ1n) is 6.32. The molecule has 0 saturated carbocycles. The molecule has 4 nitrogen and oxygen atoms in total. The maximum atomic E-state index is 12.0. The highest BCUT2D eigenvalue weighted by atomic mass is 79.9. The van der Waals surface area contributed by atoms with Crippen LogP contribution in [0.3, 0.4) is 0 Å². The summed E-state index contributed by atoms with van der Waals surface area (Å²) in [4.78, 5) is 22.6. The molecule has 0 heterocycles. The van der Waals surface area contributed by atoms with E-state index in [0.717, 1.165) is 15.2 Å². The van der Waals surface area contributed by atoms with E-state index in [4.69, 9.17) is 5.73 Å². The van der Waals surface area contributed by atoms with Crippen LogP contribution in [0.2, 0.25) is 0 Å². The molecule has 0 spiro atoms. The summed E-state index contributed by atoms with van der Waals surface area (Å²) in [5, 5.41) is 4.86. The number of fused-ring (bicyclic) bond motifs is 1. The van der Waals surface area contributed by atoms with Gasteiger partial charge in [-0.2, -0.15) is 0 Å². The molecule has 0 aromatic heterocycles. The van der Waals surface area contributed by atoms with Gasteiger partial charge in [-0.05, 0) is 41.5 Å². The number of amides is 2. The lowest BCUT2D eigenvalue weighted by atomic mass is 10.1. The van der Waals surface area contributed by atoms with Gasteiger partial charge in [0.2, 0.25) is 5.91 Å². The van der Waals surface area contributed by atoms with Crippen LogP contribution >= 0.6 is 15.9 Å². The van der Waals surface area contributed by atoms with Gasteiger partial charge in [0, 0.05) is 23.0 Å². The average Bonchev–Trinajstić information content (AvgIpc) is 2.42. The molecule has 2 aromatic carbocycles. The first-order chi connectivity index (χ1) is 9.56. The number of nitrogens with two attached hydrogens (primary N) is 1. The number of benzene rings is 2. The van der Waals surface area contributed by atoms with Gasteiger partial charge in [-0.15, -0.1) is 0 Å². The highest BCUT2D eigenvalue weighted by molar-refractivity contribution is 9.10. The predicted molar refractivity (Wildman–Crippen MR) is 82.4 cm³/mol. The first-order valence-corrected chi connectivity index (χ1v) is 7.11. The normalized spacial score (nSPS) is 10.4. The highest BCUT2D eigenvalue weighted by Gasteiger charge is 2.06. The lowest BCUT2D eigenvalue weighted by Gasteiger charge is -2.06. The van der Waals surface area contributed by atoms with E-state index < -0.39 is 0 Å². The Morgan fingerprint density at radius 3 is 2.55 bits per heavy atom. The van der Waals surface area contributed by atoms with Crippen LogP contribution < -0.4 is 11.1 Å². The smallest absolute Gasteiger partial charge is 0.251 e. The monoisotopic (exact) mass is 334 g/mol. The molecular formula is C15H15BrN2O2. The highest BCUT2D eigenvalue weighted by Crippen LogP contribution is 2.20. The van der Waals surface area contributed by atoms with Crippen LogP contribution in [-0.4, -0.2) is 18.4 Å². The molecule has 0 aliphatic carbocycles. The van der Waals surface area contributed by atoms with Crippen molar-refractivity contribution >= 4 is 38.5 Å². The van der Waals surface area contributed by atoms with E-state index in [1.165, 1.54) is 0 Å². The second-order valence-corrected chi connectivity index (χ2v) is 5.45. The molecule has 2 rings (SSSR count). The lowest BCUT2D eigenvalue weighted by molar-refractivity contribution is -0.118. The average molecular weight is 335 g/mol. The molecule has 0 saturated heterocycles. The summed E-state index contributed by atoms with van der Waals surface area (Å²) < 4.78 is 1.01. The zero-order chi connectivity index (χ0) is 14.5. The minimum atomic E-state index is -0.351. The van der Waals surface area contributed by atoms with E-state index in [0.29, 0.717) is 18.5 Å². The molecule has 104 valence electrons. The molecule has 2 amide bonds. The third-order valence-corrected chi connectivity index (χ3v) is 3.44. The van der Waals surface area contributed by atoms with Crippen LogP contribution in [0.4, 0.5) is 0 Å². The van der Waals surface area contributed by atoms with E-state index in [2.05, 4.69) is 21.2 Å². The number of halogens is 1. The summed E-state index contributed by atoms with van der Waals surface area (Å²) in [6.45, 7) is 0.445. The van der Waals surface area contributed by atoms with Gasteiger partial charge < -0.3 is 11.1 Å². The summed E-state index contributed by atoms with van der Waals surface area (Å²) in [5.41, 5.74) is 5.65. The number of primary amides is 1. The maximum Gasteiger partial charge on any atom is 0.251 e. The zero-order valence-electron chi connectivity index (χ0n) is 10.9. The van der Waals surface area contributed by atoms with Gasteiger partial charge >= 0.3 is 0 Å². The van der Waals surface area contributed by atoms with Crippen LogP contribution in [-0.2, 0) is 4.79 Å². The zero-order valence-corrected chi connectivity index (χ0v) is 12.4. The van der Waals surface area contributed by atoms with Gasteiger partial charge in [0.05, 0.1) is 0 Å². The summed E-state index contributed by atoms with van der Waals surface area (Å²) in [6, 6.07) is 11.5. The fourth-order valence-electron chi connectivity index (χ4n) is 1.92. The summed E-state index contributed by atoms with van der Waals surface area (Å²) in [5.74, 6) is -0.491. The largest absolute Gasteiger partial charge is 0.370 e. The molecule has 0 bridgehead atoms. The van der Waals surface area contributed by atoms with E-state index >= 15 is 0 Å². The molecule has 0 atom stereocenters. The van der Waals surface area contributed by atoms with Crippen molar-refractivity contribution in [3.05, 3.63) is 46.4 Å². The Labute approximate surface area is 125 Å². The Kier molecular flexibility index (Phi) is 4.74. The minimum Gasteiger partial charge on any atom is -0.370 e. The first kappa shape index (κ1) is 14.5. The second-order valence-electron chi connectivity index (χ2n) is 4.53. The number of carbonyl (C=O) groups excluding carboxylic acids is 2. The summed E-state index contributed by atoms with van der Waals surface area (Å²) in [6.07, 6.45) is 0.841. The predicted octanol–water partition coefficient (Wildman–Crippen LogP) is 2.60. The number of carbonyl (C=O) groups is 2. The van der Waals surface area contributed by atoms with Crippen molar-refractivity contribution in [2.45, 2.75) is 12.8 Å². The van der Waals surface area contributed by atoms with Crippen LogP contribution in [0, 0.1) is 0 Å². The fourth-order valence-corrected chi connectivity index (χ4v) is 2.30. The Hall–Kier alpha value is -1.88. The number of hydrogen-bond acceptors (Lipinski definition) is 2. The Bertz CT molecular complexity index is 655. The second kappa shape index (κ2) is 6.52. The van der Waals surface area contributed by atoms with Crippen molar-refractivity contribution in [3.63, 3.8) is 0 Å². The van der Waals surface area contributed by atoms with Gasteiger partial charge in [-0.3, -0.25) is 9.59 Å². The molecule has 0 radical (unpaired) electrons. The maximum absolute atomic E-state index is 12.0. The summed E-state index contributed by atoms with van der Waals surface area (Å²) in [7, 11) is 0. The molecule has 5 heteroatoms. The standard InChI is InChI=1S/C15H15BrN2O2/c16-13-6-5-10-8-12(4-3-11(10)9-13)15(20)18-7-1-2-14(17)19/h3-6,8-9H,1-2,7H2,(H2,17,19)(H,18,20). The van der Waals surface area contributed by atoms with Crippen LogP contribution in [0.1, 0.15) is 23.2 Å². The molecule has 0 unspecified atom stereocenters. The van der Waals surface area contributed by atoms with Gasteiger partial charge in [-0.1, -0.05) is 28.1 Å². The fraction of sp³-hybridized carbons (Fsp3) is 0.200. The quantitative estimate of drug-likeness (QED) is 0.825. The molecule has 20 heavy (non-hydrogen) atoms. The van der Waals surface area contributed by atoms with Crippen molar-refractivity contribution in [1.82, 2.24) is 5.32 Å². The number of hydrogen-bond donors (Lipinski definition) is 2. The Morgan fingerprint density at radius 2 is 1.80 bits per heavy atom.